The van der Waals surface area contributed by atoms with E-state index >= 15 is 0 Å². The molecule has 2 unspecified atom stereocenters. The topological polar surface area (TPSA) is 201 Å². The van der Waals surface area contributed by atoms with Gasteiger partial charge in [-0.15, -0.1) is 0 Å². The van der Waals surface area contributed by atoms with Gasteiger partial charge in [-0.05, 0) is 0 Å². The molecule has 19 heavy (non-hydrogen) atoms. The Kier molecular flexibility index (Phi) is 13.5. The molecular formula is C8H16FeN2O8+2. The summed E-state index contributed by atoms with van der Waals surface area (Å²) in [6.45, 7) is 0. The third kappa shape index (κ3) is 16.3. The molecule has 0 aromatic carbocycles. The molecule has 2 atom stereocenters. The monoisotopic (exact) mass is 324 g/mol. The maximum absolute atomic E-state index is 9.85. The summed E-state index contributed by atoms with van der Waals surface area (Å²) in [5, 5.41) is 32.1. The van der Waals surface area contributed by atoms with Crippen LogP contribution in [0, 0.1) is 0 Å². The first kappa shape index (κ1) is 22.5. The molecule has 0 saturated heterocycles. The second-order valence-corrected chi connectivity index (χ2v) is 3.09. The van der Waals surface area contributed by atoms with E-state index in [9.17, 15) is 19.2 Å². The first-order chi connectivity index (χ1) is 8.07. The minimum Gasteiger partial charge on any atom is -0.481 e. The molecule has 0 aliphatic carbocycles. The number of carboxylic acids is 4. The molecule has 0 fully saturated rings. The third-order valence-electron chi connectivity index (χ3n) is 1.42. The van der Waals surface area contributed by atoms with Crippen molar-refractivity contribution in [3.05, 3.63) is 0 Å². The van der Waals surface area contributed by atoms with Gasteiger partial charge in [0.2, 0.25) is 0 Å². The average Bonchev–Trinajstić information content (AvgIpc) is 2.16. The van der Waals surface area contributed by atoms with E-state index in [0.29, 0.717) is 0 Å². The van der Waals surface area contributed by atoms with Crippen molar-refractivity contribution in [2.24, 2.45) is 11.5 Å². The van der Waals surface area contributed by atoms with E-state index in [4.69, 9.17) is 31.9 Å². The van der Waals surface area contributed by atoms with E-state index in [-0.39, 0.29) is 19.9 Å². The normalized spacial score (nSPS) is 11.9. The van der Waals surface area contributed by atoms with Gasteiger partial charge in [0.05, 0.1) is 12.8 Å². The van der Waals surface area contributed by atoms with Crippen LogP contribution in [0.5, 0.6) is 0 Å². The minimum atomic E-state index is -1.29. The van der Waals surface area contributed by atoms with Crippen molar-refractivity contribution in [3.8, 4) is 0 Å². The van der Waals surface area contributed by atoms with E-state index in [1.54, 1.807) is 0 Å². The maximum atomic E-state index is 9.85. The molecule has 11 heteroatoms. The molecule has 0 aromatic heterocycles. The van der Waals surface area contributed by atoms with Crippen LogP contribution in [0.4, 0.5) is 0 Å². The van der Waals surface area contributed by atoms with Crippen LogP contribution in [-0.2, 0) is 36.2 Å². The summed E-state index contributed by atoms with van der Waals surface area (Å²) in [6, 6.07) is -2.58. The summed E-state index contributed by atoms with van der Waals surface area (Å²) in [7, 11) is 0. The second kappa shape index (κ2) is 11.4. The molecule has 0 saturated carbocycles. The van der Waals surface area contributed by atoms with Gasteiger partial charge in [0.25, 0.3) is 0 Å². The van der Waals surface area contributed by atoms with Crippen molar-refractivity contribution < 1.29 is 59.5 Å². The Bertz CT molecular complexity index is 312. The Labute approximate surface area is 120 Å². The largest absolute Gasteiger partial charge is 1.00 e. The van der Waals surface area contributed by atoms with E-state index in [2.05, 4.69) is 0 Å². The van der Waals surface area contributed by atoms with E-state index < -0.39 is 48.8 Å². The number of hydrogen-bond acceptors (Lipinski definition) is 6. The van der Waals surface area contributed by atoms with Crippen molar-refractivity contribution in [1.29, 1.82) is 0 Å². The quantitative estimate of drug-likeness (QED) is 0.296. The van der Waals surface area contributed by atoms with Gasteiger partial charge in [-0.3, -0.25) is 19.2 Å². The van der Waals surface area contributed by atoms with Crippen molar-refractivity contribution in [2.75, 3.05) is 0 Å². The molecule has 0 amide bonds. The van der Waals surface area contributed by atoms with Crippen LogP contribution in [0.1, 0.15) is 15.7 Å². The maximum Gasteiger partial charge on any atom is 1.00 e. The SMILES string of the molecule is NC(CC(=O)O)C(=O)O.NC(CC(=O)O)C(=O)O.[Fe].[H+].[H+]. The summed E-state index contributed by atoms with van der Waals surface area (Å²) >= 11 is 0. The van der Waals surface area contributed by atoms with Crippen LogP contribution >= 0.6 is 0 Å². The number of carbonyl (C=O) groups is 4. The smallest absolute Gasteiger partial charge is 0.481 e. The van der Waals surface area contributed by atoms with Crippen LogP contribution in [0.25, 0.3) is 0 Å². The summed E-state index contributed by atoms with van der Waals surface area (Å²) in [4.78, 5) is 39.2. The van der Waals surface area contributed by atoms with Crippen LogP contribution in [0.15, 0.2) is 0 Å². The van der Waals surface area contributed by atoms with Gasteiger partial charge in [0.1, 0.15) is 12.1 Å². The number of rotatable bonds is 6. The Balaban J connectivity index is -0.0000000711. The van der Waals surface area contributed by atoms with Crippen molar-refractivity contribution in [3.63, 3.8) is 0 Å². The average molecular weight is 324 g/mol. The van der Waals surface area contributed by atoms with Gasteiger partial charge in [-0.1, -0.05) is 0 Å². The Morgan fingerprint density at radius 1 is 0.789 bits per heavy atom. The molecule has 0 spiro atoms. The van der Waals surface area contributed by atoms with Gasteiger partial charge >= 0.3 is 26.7 Å². The first-order valence-corrected chi connectivity index (χ1v) is 4.48. The molecule has 8 N–H and O–H groups in total. The Morgan fingerprint density at radius 3 is 1.05 bits per heavy atom. The molecule has 0 radical (unpaired) electrons. The van der Waals surface area contributed by atoms with E-state index in [0.717, 1.165) is 0 Å². The van der Waals surface area contributed by atoms with Gasteiger partial charge in [0, 0.05) is 17.1 Å². The molecule has 112 valence electrons. The zero-order chi connectivity index (χ0) is 14.9. The van der Waals surface area contributed by atoms with E-state index in [1.807, 2.05) is 0 Å². The number of aliphatic carboxylic acids is 4. The second-order valence-electron chi connectivity index (χ2n) is 3.09. The molecule has 0 aromatic rings. The predicted octanol–water partition coefficient (Wildman–Crippen LogP) is -2.03. The predicted molar refractivity (Wildman–Crippen MR) is 58.0 cm³/mol. The summed E-state index contributed by atoms with van der Waals surface area (Å²) < 4.78 is 0. The molecule has 10 nitrogen and oxygen atoms in total. The van der Waals surface area contributed by atoms with Gasteiger partial charge in [-0.2, -0.15) is 0 Å². The van der Waals surface area contributed by atoms with Gasteiger partial charge < -0.3 is 31.9 Å². The number of carboxylic acid groups (broad SMARTS) is 4. The van der Waals surface area contributed by atoms with E-state index in [1.165, 1.54) is 0 Å². The molecule has 0 rings (SSSR count). The standard InChI is InChI=1S/2C4H7NO4.Fe/c2*5-2(4(8)9)1-3(6)7;/h2*2H,1,5H2,(H,6,7)(H,8,9);/p+2. The first-order valence-electron chi connectivity index (χ1n) is 4.48. The summed E-state index contributed by atoms with van der Waals surface area (Å²) in [5.74, 6) is -5.00. The van der Waals surface area contributed by atoms with Crippen LogP contribution in [0.3, 0.4) is 0 Å². The fourth-order valence-corrected chi connectivity index (χ4v) is 0.551. The molecule has 0 aliphatic rings. The molecule has 0 aliphatic heterocycles. The van der Waals surface area contributed by atoms with Crippen LogP contribution < -0.4 is 11.5 Å². The Morgan fingerprint density at radius 2 is 1.00 bits per heavy atom. The zero-order valence-electron chi connectivity index (χ0n) is 11.5. The fourth-order valence-electron chi connectivity index (χ4n) is 0.551. The third-order valence-corrected chi connectivity index (χ3v) is 1.42. The zero-order valence-corrected chi connectivity index (χ0v) is 10.6. The molecule has 0 bridgehead atoms. The van der Waals surface area contributed by atoms with Crippen molar-refractivity contribution in [1.82, 2.24) is 0 Å². The van der Waals surface area contributed by atoms with Crippen LogP contribution in [0.2, 0.25) is 0 Å². The van der Waals surface area contributed by atoms with Gasteiger partial charge in [-0.25, -0.2) is 0 Å². The van der Waals surface area contributed by atoms with Crippen molar-refractivity contribution >= 4 is 23.9 Å². The minimum absolute atomic E-state index is 0. The van der Waals surface area contributed by atoms with Gasteiger partial charge in [0.15, 0.2) is 0 Å². The van der Waals surface area contributed by atoms with Crippen molar-refractivity contribution in [2.45, 2.75) is 24.9 Å². The van der Waals surface area contributed by atoms with Crippen LogP contribution in [-0.4, -0.2) is 56.4 Å². The number of hydrogen-bond donors (Lipinski definition) is 6. The summed E-state index contributed by atoms with van der Waals surface area (Å²) in [5.41, 5.74) is 9.67. The Hall–Kier alpha value is -1.68. The number of nitrogens with two attached hydrogens (primary N) is 2. The summed E-state index contributed by atoms with van der Waals surface area (Å²) in [6.07, 6.45) is -1.06. The fraction of sp³-hybridized carbons (Fsp3) is 0.500. The molecular weight excluding hydrogens is 308 g/mol. The molecule has 0 heterocycles.